The summed E-state index contributed by atoms with van der Waals surface area (Å²) >= 11 is 0. The van der Waals surface area contributed by atoms with Gasteiger partial charge in [-0.15, -0.1) is 0 Å². The van der Waals surface area contributed by atoms with Crippen molar-refractivity contribution in [2.75, 3.05) is 13.1 Å². The molecule has 2 atom stereocenters. The molecule has 0 radical (unpaired) electrons. The Balaban J connectivity index is 2.83. The largest absolute Gasteiger partial charge is 0.311 e. The number of hydrogen-bond acceptors (Lipinski definition) is 2. The second-order valence-electron chi connectivity index (χ2n) is 7.03. The molecule has 1 saturated heterocycles. The Morgan fingerprint density at radius 3 is 2.06 bits per heavy atom. The van der Waals surface area contributed by atoms with Crippen LogP contribution in [-0.4, -0.2) is 35.6 Å². The molecule has 0 spiro atoms. The van der Waals surface area contributed by atoms with E-state index < -0.39 is 0 Å². The first kappa shape index (κ1) is 15.0. The molecule has 0 saturated carbocycles. The Bertz CT molecular complexity index is 238. The molecule has 0 aromatic heterocycles. The Kier molecular flexibility index (Phi) is 4.65. The van der Waals surface area contributed by atoms with Gasteiger partial charge in [-0.05, 0) is 32.1 Å². The molecule has 0 aromatic carbocycles. The van der Waals surface area contributed by atoms with E-state index in [9.17, 15) is 0 Å². The van der Waals surface area contributed by atoms with Gasteiger partial charge in [0.2, 0.25) is 0 Å². The van der Waals surface area contributed by atoms with Crippen LogP contribution in [0.1, 0.15) is 61.3 Å². The maximum atomic E-state index is 3.72. The zero-order valence-electron chi connectivity index (χ0n) is 12.9. The van der Waals surface area contributed by atoms with E-state index in [0.717, 1.165) is 6.54 Å². The van der Waals surface area contributed by atoms with Gasteiger partial charge in [0.25, 0.3) is 0 Å². The zero-order valence-corrected chi connectivity index (χ0v) is 12.9. The van der Waals surface area contributed by atoms with Crippen molar-refractivity contribution in [3.05, 3.63) is 0 Å². The SMILES string of the molecule is CCC(C)(CC)N1CC(C(C)(C)C)NCC1C. The van der Waals surface area contributed by atoms with E-state index in [1.807, 2.05) is 0 Å². The molecule has 1 N–H and O–H groups in total. The first-order chi connectivity index (χ1) is 7.74. The van der Waals surface area contributed by atoms with Crippen LogP contribution in [0.25, 0.3) is 0 Å². The molecule has 1 aliphatic heterocycles. The van der Waals surface area contributed by atoms with Crippen LogP contribution in [-0.2, 0) is 0 Å². The lowest BCUT2D eigenvalue weighted by Crippen LogP contribution is -2.64. The highest BCUT2D eigenvalue weighted by Gasteiger charge is 2.39. The topological polar surface area (TPSA) is 15.3 Å². The quantitative estimate of drug-likeness (QED) is 0.814. The molecule has 0 aromatic rings. The van der Waals surface area contributed by atoms with E-state index in [1.165, 1.54) is 19.4 Å². The van der Waals surface area contributed by atoms with E-state index in [4.69, 9.17) is 0 Å². The van der Waals surface area contributed by atoms with Crippen molar-refractivity contribution in [3.63, 3.8) is 0 Å². The smallest absolute Gasteiger partial charge is 0.0244 e. The number of piperazine rings is 1. The summed E-state index contributed by atoms with van der Waals surface area (Å²) in [5.41, 5.74) is 0.714. The van der Waals surface area contributed by atoms with Crippen molar-refractivity contribution in [2.24, 2.45) is 5.41 Å². The molecule has 2 nitrogen and oxygen atoms in total. The van der Waals surface area contributed by atoms with Crippen LogP contribution in [0.2, 0.25) is 0 Å². The first-order valence-corrected chi connectivity index (χ1v) is 7.24. The van der Waals surface area contributed by atoms with Gasteiger partial charge >= 0.3 is 0 Å². The number of nitrogens with one attached hydrogen (secondary N) is 1. The van der Waals surface area contributed by atoms with Crippen LogP contribution in [0.4, 0.5) is 0 Å². The maximum absolute atomic E-state index is 3.72. The predicted molar refractivity (Wildman–Crippen MR) is 76.4 cm³/mol. The van der Waals surface area contributed by atoms with Gasteiger partial charge in [-0.2, -0.15) is 0 Å². The third-order valence-corrected chi connectivity index (χ3v) is 4.83. The first-order valence-electron chi connectivity index (χ1n) is 7.24. The molecule has 2 unspecified atom stereocenters. The fourth-order valence-corrected chi connectivity index (χ4v) is 2.85. The van der Waals surface area contributed by atoms with Crippen molar-refractivity contribution in [1.82, 2.24) is 10.2 Å². The number of hydrogen-bond donors (Lipinski definition) is 1. The molecule has 102 valence electrons. The second kappa shape index (κ2) is 5.27. The van der Waals surface area contributed by atoms with E-state index in [-0.39, 0.29) is 0 Å². The highest BCUT2D eigenvalue weighted by atomic mass is 15.3. The zero-order chi connectivity index (χ0) is 13.3. The van der Waals surface area contributed by atoms with Crippen LogP contribution >= 0.6 is 0 Å². The normalized spacial score (nSPS) is 28.4. The van der Waals surface area contributed by atoms with Crippen molar-refractivity contribution in [1.29, 1.82) is 0 Å². The van der Waals surface area contributed by atoms with Crippen LogP contribution in [0.15, 0.2) is 0 Å². The minimum atomic E-state index is 0.348. The molecular formula is C15H32N2. The average molecular weight is 240 g/mol. The minimum Gasteiger partial charge on any atom is -0.311 e. The summed E-state index contributed by atoms with van der Waals surface area (Å²) in [7, 11) is 0. The molecule has 17 heavy (non-hydrogen) atoms. The van der Waals surface area contributed by atoms with Crippen molar-refractivity contribution < 1.29 is 0 Å². The Morgan fingerprint density at radius 1 is 1.12 bits per heavy atom. The van der Waals surface area contributed by atoms with E-state index in [1.54, 1.807) is 0 Å². The van der Waals surface area contributed by atoms with E-state index in [0.29, 0.717) is 23.0 Å². The van der Waals surface area contributed by atoms with Gasteiger partial charge in [-0.1, -0.05) is 34.6 Å². The van der Waals surface area contributed by atoms with Gasteiger partial charge < -0.3 is 5.32 Å². The molecule has 0 bridgehead atoms. The number of rotatable bonds is 3. The van der Waals surface area contributed by atoms with Crippen molar-refractivity contribution in [3.8, 4) is 0 Å². The summed E-state index contributed by atoms with van der Waals surface area (Å²) in [6.07, 6.45) is 2.48. The lowest BCUT2D eigenvalue weighted by molar-refractivity contribution is 0.00155. The molecular weight excluding hydrogens is 208 g/mol. The average Bonchev–Trinajstić information content (AvgIpc) is 2.27. The number of nitrogens with zero attached hydrogens (tertiary/aromatic N) is 1. The van der Waals surface area contributed by atoms with Gasteiger partial charge in [0.05, 0.1) is 0 Å². The monoisotopic (exact) mass is 240 g/mol. The van der Waals surface area contributed by atoms with Crippen LogP contribution in [0.5, 0.6) is 0 Å². The summed E-state index contributed by atoms with van der Waals surface area (Å²) in [6.45, 7) is 18.8. The van der Waals surface area contributed by atoms with Crippen LogP contribution < -0.4 is 5.32 Å². The summed E-state index contributed by atoms with van der Waals surface area (Å²) in [5, 5.41) is 3.72. The molecule has 1 aliphatic rings. The molecule has 1 heterocycles. The van der Waals surface area contributed by atoms with Crippen molar-refractivity contribution >= 4 is 0 Å². The predicted octanol–water partition coefficient (Wildman–Crippen LogP) is 3.27. The summed E-state index contributed by atoms with van der Waals surface area (Å²) in [5.74, 6) is 0. The summed E-state index contributed by atoms with van der Waals surface area (Å²) in [4.78, 5) is 2.74. The summed E-state index contributed by atoms with van der Waals surface area (Å²) < 4.78 is 0. The lowest BCUT2D eigenvalue weighted by Gasteiger charge is -2.51. The molecule has 0 amide bonds. The Morgan fingerprint density at radius 2 is 1.65 bits per heavy atom. The molecule has 1 fully saturated rings. The highest BCUT2D eigenvalue weighted by Crippen LogP contribution is 2.31. The van der Waals surface area contributed by atoms with E-state index in [2.05, 4.69) is 58.7 Å². The van der Waals surface area contributed by atoms with Gasteiger partial charge in [0.15, 0.2) is 0 Å². The standard InChI is InChI=1S/C15H32N2/c1-8-15(7,9-2)17-11-13(14(4,5)6)16-10-12(17)3/h12-13,16H,8-11H2,1-7H3. The third-order valence-electron chi connectivity index (χ3n) is 4.83. The van der Waals surface area contributed by atoms with E-state index >= 15 is 0 Å². The molecule has 0 aliphatic carbocycles. The Labute approximate surface area is 108 Å². The van der Waals surface area contributed by atoms with Crippen LogP contribution in [0, 0.1) is 5.41 Å². The maximum Gasteiger partial charge on any atom is 0.0244 e. The lowest BCUT2D eigenvalue weighted by atomic mass is 9.82. The van der Waals surface area contributed by atoms with Gasteiger partial charge in [0, 0.05) is 30.7 Å². The van der Waals surface area contributed by atoms with Crippen molar-refractivity contribution in [2.45, 2.75) is 78.9 Å². The Hall–Kier alpha value is -0.0800. The minimum absolute atomic E-state index is 0.348. The highest BCUT2D eigenvalue weighted by molar-refractivity contribution is 4.97. The molecule has 1 rings (SSSR count). The van der Waals surface area contributed by atoms with Crippen LogP contribution in [0.3, 0.4) is 0 Å². The second-order valence-corrected chi connectivity index (χ2v) is 7.03. The fourth-order valence-electron chi connectivity index (χ4n) is 2.85. The fraction of sp³-hybridized carbons (Fsp3) is 1.00. The van der Waals surface area contributed by atoms with Gasteiger partial charge in [-0.25, -0.2) is 0 Å². The molecule has 2 heteroatoms. The van der Waals surface area contributed by atoms with Gasteiger partial charge in [-0.3, -0.25) is 4.90 Å². The third kappa shape index (κ3) is 3.23. The van der Waals surface area contributed by atoms with Gasteiger partial charge in [0.1, 0.15) is 0 Å². The summed E-state index contributed by atoms with van der Waals surface area (Å²) in [6, 6.07) is 1.26.